The van der Waals surface area contributed by atoms with Crippen molar-refractivity contribution in [1.29, 1.82) is 0 Å². The summed E-state index contributed by atoms with van der Waals surface area (Å²) in [5, 5.41) is 0. The van der Waals surface area contributed by atoms with Gasteiger partial charge in [0.1, 0.15) is 5.76 Å². The highest BCUT2D eigenvalue weighted by molar-refractivity contribution is 7.79. The molecule has 0 bridgehead atoms. The molecule has 0 aliphatic heterocycles. The maximum Gasteiger partial charge on any atom is 0.394 e. The van der Waals surface area contributed by atoms with E-state index in [-0.39, 0.29) is 0 Å². The molecule has 0 radical (unpaired) electrons. The summed E-state index contributed by atoms with van der Waals surface area (Å²) in [6, 6.07) is 3.79. The van der Waals surface area contributed by atoms with Crippen LogP contribution in [0.25, 0.3) is 0 Å². The zero-order chi connectivity index (χ0) is 8.91. The molecule has 0 atom stereocenters. The minimum Gasteiger partial charge on any atom is -0.470 e. The van der Waals surface area contributed by atoms with Gasteiger partial charge in [-0.2, -0.15) is 8.42 Å². The van der Waals surface area contributed by atoms with E-state index >= 15 is 0 Å². The molecule has 2 N–H and O–H groups in total. The smallest absolute Gasteiger partial charge is 0.394 e. The van der Waals surface area contributed by atoms with Crippen molar-refractivity contribution in [2.45, 2.75) is 6.92 Å². The lowest BCUT2D eigenvalue weighted by Crippen LogP contribution is -1.89. The molecular formula is C5H8O5S. The Morgan fingerprint density at radius 3 is 2.00 bits per heavy atom. The minimum atomic E-state index is -4.67. The largest absolute Gasteiger partial charge is 0.470 e. The number of furan rings is 1. The molecule has 5 nitrogen and oxygen atoms in total. The molecule has 0 saturated heterocycles. The molecule has 0 amide bonds. The summed E-state index contributed by atoms with van der Waals surface area (Å²) in [5.74, 6) is 0.968. The zero-order valence-electron chi connectivity index (χ0n) is 5.76. The number of aryl methyl sites for hydroxylation is 1. The maximum atomic E-state index is 8.74. The standard InChI is InChI=1S/C5H6O.H2O4S/c1-5-3-2-4-6-5;1-5(2,3)4/h2-4H,1H3;(H2,1,2,3,4). The summed E-state index contributed by atoms with van der Waals surface area (Å²) in [4.78, 5) is 0. The molecule has 0 aliphatic rings. The molecular weight excluding hydrogens is 172 g/mol. The molecule has 0 spiro atoms. The quantitative estimate of drug-likeness (QED) is 0.580. The van der Waals surface area contributed by atoms with Crippen LogP contribution in [0.3, 0.4) is 0 Å². The number of rotatable bonds is 0. The zero-order valence-corrected chi connectivity index (χ0v) is 6.58. The Bertz CT molecular complexity index is 264. The summed E-state index contributed by atoms with van der Waals surface area (Å²) in [7, 11) is -4.67. The van der Waals surface area contributed by atoms with Gasteiger partial charge in [-0.25, -0.2) is 0 Å². The molecule has 11 heavy (non-hydrogen) atoms. The van der Waals surface area contributed by atoms with Crippen molar-refractivity contribution in [3.8, 4) is 0 Å². The van der Waals surface area contributed by atoms with Crippen LogP contribution in [0.1, 0.15) is 5.76 Å². The Hall–Kier alpha value is -0.850. The second-order valence-corrected chi connectivity index (χ2v) is 2.57. The van der Waals surface area contributed by atoms with Crippen molar-refractivity contribution in [2.75, 3.05) is 0 Å². The Morgan fingerprint density at radius 2 is 1.91 bits per heavy atom. The van der Waals surface area contributed by atoms with Crippen LogP contribution in [0.2, 0.25) is 0 Å². The lowest BCUT2D eigenvalue weighted by atomic mass is 10.5. The van der Waals surface area contributed by atoms with Gasteiger partial charge in [-0.3, -0.25) is 9.11 Å². The van der Waals surface area contributed by atoms with Crippen LogP contribution in [-0.4, -0.2) is 17.5 Å². The Labute approximate surface area is 64.2 Å². The van der Waals surface area contributed by atoms with Gasteiger partial charge in [-0.05, 0) is 19.1 Å². The minimum absolute atomic E-state index is 0.968. The fourth-order valence-electron chi connectivity index (χ4n) is 0.361. The second kappa shape index (κ2) is 4.12. The van der Waals surface area contributed by atoms with E-state index in [0.717, 1.165) is 5.76 Å². The van der Waals surface area contributed by atoms with Gasteiger partial charge in [0, 0.05) is 0 Å². The highest BCUT2D eigenvalue weighted by atomic mass is 32.3. The monoisotopic (exact) mass is 180 g/mol. The lowest BCUT2D eigenvalue weighted by Gasteiger charge is -1.69. The second-order valence-electron chi connectivity index (χ2n) is 1.67. The van der Waals surface area contributed by atoms with Gasteiger partial charge in [0.25, 0.3) is 0 Å². The maximum absolute atomic E-state index is 8.74. The Balaban J connectivity index is 0.000000187. The predicted octanol–water partition coefficient (Wildman–Crippen LogP) is 0.935. The molecule has 1 heterocycles. The van der Waals surface area contributed by atoms with Crippen molar-refractivity contribution < 1.29 is 21.9 Å². The fourth-order valence-corrected chi connectivity index (χ4v) is 0.361. The van der Waals surface area contributed by atoms with Gasteiger partial charge < -0.3 is 4.42 Å². The highest BCUT2D eigenvalue weighted by Gasteiger charge is 1.84. The highest BCUT2D eigenvalue weighted by Crippen LogP contribution is 1.93. The summed E-state index contributed by atoms with van der Waals surface area (Å²) in [6.07, 6.45) is 1.66. The van der Waals surface area contributed by atoms with Crippen LogP contribution in [0, 0.1) is 6.92 Å². The van der Waals surface area contributed by atoms with E-state index in [1.807, 2.05) is 19.1 Å². The summed E-state index contributed by atoms with van der Waals surface area (Å²) in [6.45, 7) is 1.92. The first-order valence-corrected chi connectivity index (χ1v) is 3.99. The first-order valence-electron chi connectivity index (χ1n) is 2.59. The van der Waals surface area contributed by atoms with Gasteiger partial charge in [0.15, 0.2) is 0 Å². The van der Waals surface area contributed by atoms with E-state index < -0.39 is 10.4 Å². The van der Waals surface area contributed by atoms with Crippen LogP contribution in [0.5, 0.6) is 0 Å². The first kappa shape index (κ1) is 10.2. The SMILES string of the molecule is Cc1ccco1.O=S(=O)(O)O. The van der Waals surface area contributed by atoms with Crippen molar-refractivity contribution >= 4 is 10.4 Å². The molecule has 0 aromatic carbocycles. The molecule has 0 unspecified atom stereocenters. The Kier molecular flexibility index (Phi) is 3.80. The van der Waals surface area contributed by atoms with E-state index in [0.29, 0.717) is 0 Å². The van der Waals surface area contributed by atoms with Gasteiger partial charge in [-0.1, -0.05) is 0 Å². The molecule has 1 aromatic rings. The predicted molar refractivity (Wildman–Crippen MR) is 37.6 cm³/mol. The average molecular weight is 180 g/mol. The van der Waals surface area contributed by atoms with Crippen LogP contribution in [-0.2, 0) is 10.4 Å². The molecule has 0 aliphatic carbocycles. The molecule has 0 saturated carbocycles. The molecule has 1 rings (SSSR count). The average Bonchev–Trinajstić information content (AvgIpc) is 2.12. The molecule has 64 valence electrons. The lowest BCUT2D eigenvalue weighted by molar-refractivity contribution is 0.381. The van der Waals surface area contributed by atoms with Crippen molar-refractivity contribution in [3.63, 3.8) is 0 Å². The Morgan fingerprint density at radius 1 is 1.45 bits per heavy atom. The normalized spacial score (nSPS) is 10.1. The third-order valence-corrected chi connectivity index (χ3v) is 0.663. The summed E-state index contributed by atoms with van der Waals surface area (Å²) < 4.78 is 36.4. The van der Waals surface area contributed by atoms with Crippen molar-refractivity contribution in [1.82, 2.24) is 0 Å². The van der Waals surface area contributed by atoms with Crippen LogP contribution < -0.4 is 0 Å². The fraction of sp³-hybridized carbons (Fsp3) is 0.200. The third-order valence-electron chi connectivity index (χ3n) is 0.663. The van der Waals surface area contributed by atoms with Gasteiger partial charge in [0.2, 0.25) is 0 Å². The van der Waals surface area contributed by atoms with E-state index in [2.05, 4.69) is 0 Å². The topological polar surface area (TPSA) is 87.7 Å². The summed E-state index contributed by atoms with van der Waals surface area (Å²) >= 11 is 0. The number of hydrogen-bond donors (Lipinski definition) is 2. The number of hydrogen-bond acceptors (Lipinski definition) is 3. The van der Waals surface area contributed by atoms with Gasteiger partial charge in [0.05, 0.1) is 6.26 Å². The van der Waals surface area contributed by atoms with Crippen LogP contribution in [0.15, 0.2) is 22.8 Å². The molecule has 0 fully saturated rings. The first-order chi connectivity index (χ1) is 4.89. The van der Waals surface area contributed by atoms with E-state index in [9.17, 15) is 0 Å². The van der Waals surface area contributed by atoms with E-state index in [1.165, 1.54) is 0 Å². The third kappa shape index (κ3) is 12.4. The summed E-state index contributed by atoms with van der Waals surface area (Å²) in [5.41, 5.74) is 0. The van der Waals surface area contributed by atoms with Crippen LogP contribution >= 0.6 is 0 Å². The molecule has 1 aromatic heterocycles. The van der Waals surface area contributed by atoms with Crippen LogP contribution in [0.4, 0.5) is 0 Å². The van der Waals surface area contributed by atoms with E-state index in [1.54, 1.807) is 6.26 Å². The van der Waals surface area contributed by atoms with Gasteiger partial charge in [-0.15, -0.1) is 0 Å². The van der Waals surface area contributed by atoms with Crippen molar-refractivity contribution in [2.24, 2.45) is 0 Å². The van der Waals surface area contributed by atoms with E-state index in [4.69, 9.17) is 21.9 Å². The van der Waals surface area contributed by atoms with Gasteiger partial charge >= 0.3 is 10.4 Å². The molecule has 6 heteroatoms. The van der Waals surface area contributed by atoms with Crippen molar-refractivity contribution in [3.05, 3.63) is 24.2 Å².